The maximum Gasteiger partial charge on any atom is 0.387 e. The van der Waals surface area contributed by atoms with Crippen molar-refractivity contribution in [2.24, 2.45) is 0 Å². The molecule has 176 valence electrons. The minimum Gasteiger partial charge on any atom is -0.435 e. The summed E-state index contributed by atoms with van der Waals surface area (Å²) in [5.74, 6) is -0.207. The van der Waals surface area contributed by atoms with Gasteiger partial charge >= 0.3 is 6.61 Å². The van der Waals surface area contributed by atoms with Crippen LogP contribution in [0.1, 0.15) is 29.2 Å². The molecule has 0 spiro atoms. The van der Waals surface area contributed by atoms with Crippen LogP contribution in [0.25, 0.3) is 16.8 Å². The zero-order valence-corrected chi connectivity index (χ0v) is 18.2. The summed E-state index contributed by atoms with van der Waals surface area (Å²) < 4.78 is 52.3. The summed E-state index contributed by atoms with van der Waals surface area (Å²) in [6, 6.07) is 7.84. The number of benzene rings is 1. The molecule has 10 heteroatoms. The topological polar surface area (TPSA) is 81.8 Å². The highest BCUT2D eigenvalue weighted by Crippen LogP contribution is 2.30. The molecule has 0 radical (unpaired) electrons. The van der Waals surface area contributed by atoms with Crippen molar-refractivity contribution < 1.29 is 27.8 Å². The van der Waals surface area contributed by atoms with Gasteiger partial charge in [0.2, 0.25) is 0 Å². The quantitative estimate of drug-likeness (QED) is 0.458. The van der Waals surface area contributed by atoms with E-state index in [1.165, 1.54) is 24.5 Å². The van der Waals surface area contributed by atoms with Crippen LogP contribution in [0.5, 0.6) is 5.75 Å². The van der Waals surface area contributed by atoms with Gasteiger partial charge in [-0.1, -0.05) is 18.2 Å². The summed E-state index contributed by atoms with van der Waals surface area (Å²) in [7, 11) is 0. The fourth-order valence-corrected chi connectivity index (χ4v) is 4.14. The van der Waals surface area contributed by atoms with Gasteiger partial charge in [-0.3, -0.25) is 0 Å². The number of pyridine rings is 1. The van der Waals surface area contributed by atoms with Gasteiger partial charge in [-0.05, 0) is 13.0 Å². The normalized spacial score (nSPS) is 18.2. The molecule has 4 aromatic rings. The number of fused-ring (bicyclic) bond motifs is 1. The molecule has 1 fully saturated rings. The zero-order valence-electron chi connectivity index (χ0n) is 18.2. The first-order valence-electron chi connectivity index (χ1n) is 10.7. The Labute approximate surface area is 192 Å². The molecule has 5 rings (SSSR count). The minimum absolute atomic E-state index is 0.0759. The molecule has 1 atom stereocenters. The fourth-order valence-electron chi connectivity index (χ4n) is 4.14. The summed E-state index contributed by atoms with van der Waals surface area (Å²) in [5.41, 5.74) is 1.70. The van der Waals surface area contributed by atoms with E-state index in [2.05, 4.69) is 19.7 Å². The molecule has 0 amide bonds. The number of hydrogen-bond acceptors (Lipinski definition) is 6. The first kappa shape index (κ1) is 22.3. The molecule has 1 aromatic carbocycles. The molecule has 1 aliphatic heterocycles. The van der Waals surface area contributed by atoms with E-state index in [-0.39, 0.29) is 30.2 Å². The van der Waals surface area contributed by atoms with Crippen LogP contribution in [0.4, 0.5) is 13.2 Å². The van der Waals surface area contributed by atoms with E-state index in [1.807, 2.05) is 0 Å². The van der Waals surface area contributed by atoms with Crippen molar-refractivity contribution in [3.8, 4) is 16.9 Å². The highest BCUT2D eigenvalue weighted by Gasteiger charge is 2.37. The second-order valence-electron chi connectivity index (χ2n) is 8.20. The van der Waals surface area contributed by atoms with Crippen LogP contribution < -0.4 is 4.74 Å². The zero-order chi connectivity index (χ0) is 23.9. The Bertz CT molecular complexity index is 1340. The van der Waals surface area contributed by atoms with Gasteiger partial charge in [-0.15, -0.1) is 0 Å². The first-order chi connectivity index (χ1) is 16.3. The van der Waals surface area contributed by atoms with Crippen molar-refractivity contribution in [1.82, 2.24) is 19.4 Å². The highest BCUT2D eigenvalue weighted by molar-refractivity contribution is 5.64. The van der Waals surface area contributed by atoms with Crippen molar-refractivity contribution in [3.05, 3.63) is 77.5 Å². The predicted molar refractivity (Wildman–Crippen MR) is 116 cm³/mol. The Morgan fingerprint density at radius 3 is 2.71 bits per heavy atom. The lowest BCUT2D eigenvalue weighted by molar-refractivity contribution is -0.0504. The number of aryl methyl sites for hydroxylation is 1. The Kier molecular flexibility index (Phi) is 5.70. The van der Waals surface area contributed by atoms with Gasteiger partial charge in [-0.2, -0.15) is 8.78 Å². The van der Waals surface area contributed by atoms with Gasteiger partial charge in [-0.25, -0.2) is 19.3 Å². The first-order valence-corrected chi connectivity index (χ1v) is 10.7. The minimum atomic E-state index is -2.94. The Hall–Kier alpha value is -3.50. The highest BCUT2D eigenvalue weighted by atomic mass is 19.3. The van der Waals surface area contributed by atoms with E-state index in [4.69, 9.17) is 4.74 Å². The standard InChI is InChI=1S/C24H21F3N4O3/c1-14-19(8-15-4-2-3-5-20(15)34-23(26)27)31-12-17(18(25)9-21(31)30-14)16-10-28-22(29-11-16)24(32)6-7-33-13-24/h2-5,9-12,23,32H,6-8,13H2,1H3. The van der Waals surface area contributed by atoms with Crippen molar-refractivity contribution >= 4 is 5.65 Å². The van der Waals surface area contributed by atoms with E-state index in [0.29, 0.717) is 41.2 Å². The number of imidazole rings is 1. The molecule has 0 bridgehead atoms. The number of ether oxygens (including phenoxy) is 2. The van der Waals surface area contributed by atoms with Crippen LogP contribution in [0.3, 0.4) is 0 Å². The van der Waals surface area contributed by atoms with E-state index >= 15 is 0 Å². The van der Waals surface area contributed by atoms with Crippen LogP contribution in [-0.4, -0.2) is 44.3 Å². The van der Waals surface area contributed by atoms with Crippen molar-refractivity contribution in [1.29, 1.82) is 0 Å². The number of hydrogen-bond donors (Lipinski definition) is 1. The second kappa shape index (κ2) is 8.69. The van der Waals surface area contributed by atoms with E-state index in [9.17, 15) is 18.3 Å². The van der Waals surface area contributed by atoms with E-state index in [0.717, 1.165) is 0 Å². The lowest BCUT2D eigenvalue weighted by Gasteiger charge is -2.18. The average molecular weight is 470 g/mol. The van der Waals surface area contributed by atoms with Crippen LogP contribution >= 0.6 is 0 Å². The SMILES string of the molecule is Cc1nc2cc(F)c(-c3cnc(C4(O)CCOC4)nc3)cn2c1Cc1ccccc1OC(F)F. The number of alkyl halides is 2. The Morgan fingerprint density at radius 1 is 1.24 bits per heavy atom. The second-order valence-corrected chi connectivity index (χ2v) is 8.20. The van der Waals surface area contributed by atoms with Gasteiger partial charge in [0.15, 0.2) is 5.82 Å². The Morgan fingerprint density at radius 2 is 2.00 bits per heavy atom. The third-order valence-corrected chi connectivity index (χ3v) is 5.94. The van der Waals surface area contributed by atoms with Crippen molar-refractivity contribution in [3.63, 3.8) is 0 Å². The molecule has 7 nitrogen and oxygen atoms in total. The molecular formula is C24H21F3N4O3. The molecule has 1 aliphatic rings. The third-order valence-electron chi connectivity index (χ3n) is 5.94. The van der Waals surface area contributed by atoms with Gasteiger partial charge in [0, 0.05) is 59.9 Å². The summed E-state index contributed by atoms with van der Waals surface area (Å²) in [4.78, 5) is 12.9. The largest absolute Gasteiger partial charge is 0.435 e. The Balaban J connectivity index is 1.53. The molecule has 34 heavy (non-hydrogen) atoms. The predicted octanol–water partition coefficient (Wildman–Crippen LogP) is 4.04. The fraction of sp³-hybridized carbons (Fsp3) is 0.292. The van der Waals surface area contributed by atoms with Gasteiger partial charge in [0.25, 0.3) is 0 Å². The van der Waals surface area contributed by atoms with Crippen LogP contribution in [0.2, 0.25) is 0 Å². The van der Waals surface area contributed by atoms with E-state index in [1.54, 1.807) is 35.7 Å². The molecule has 4 heterocycles. The van der Waals surface area contributed by atoms with Crippen LogP contribution in [-0.2, 0) is 16.8 Å². The number of halogens is 3. The lowest BCUT2D eigenvalue weighted by atomic mass is 10.0. The van der Waals surface area contributed by atoms with Crippen molar-refractivity contribution in [2.45, 2.75) is 32.0 Å². The van der Waals surface area contributed by atoms with Crippen LogP contribution in [0.15, 0.2) is 48.9 Å². The smallest absolute Gasteiger partial charge is 0.387 e. The third kappa shape index (κ3) is 4.10. The summed E-state index contributed by atoms with van der Waals surface area (Å²) in [5, 5.41) is 10.6. The van der Waals surface area contributed by atoms with E-state index < -0.39 is 18.0 Å². The van der Waals surface area contributed by atoms with Gasteiger partial charge in [0.1, 0.15) is 22.8 Å². The van der Waals surface area contributed by atoms with Gasteiger partial charge in [0.05, 0.1) is 18.9 Å². The molecule has 0 aliphatic carbocycles. The summed E-state index contributed by atoms with van der Waals surface area (Å²) in [6.45, 7) is -0.636. The number of aromatic nitrogens is 4. The summed E-state index contributed by atoms with van der Waals surface area (Å²) >= 11 is 0. The lowest BCUT2D eigenvalue weighted by Crippen LogP contribution is -2.28. The average Bonchev–Trinajstić information content (AvgIpc) is 3.38. The number of para-hydroxylation sites is 1. The van der Waals surface area contributed by atoms with Crippen molar-refractivity contribution in [2.75, 3.05) is 13.2 Å². The van der Waals surface area contributed by atoms with Gasteiger partial charge < -0.3 is 19.0 Å². The molecule has 1 saturated heterocycles. The number of rotatable bonds is 6. The molecule has 0 saturated carbocycles. The molecule has 3 aromatic heterocycles. The molecule has 1 unspecified atom stereocenters. The van der Waals surface area contributed by atoms with Crippen LogP contribution in [0, 0.1) is 12.7 Å². The summed E-state index contributed by atoms with van der Waals surface area (Å²) in [6.07, 6.45) is 5.14. The molecular weight excluding hydrogens is 449 g/mol. The number of nitrogens with zero attached hydrogens (tertiary/aromatic N) is 4. The maximum atomic E-state index is 15.0. The molecule has 1 N–H and O–H groups in total. The monoisotopic (exact) mass is 470 g/mol. The number of aliphatic hydroxyl groups is 1. The maximum absolute atomic E-state index is 15.0.